The number of rotatable bonds is 4. The summed E-state index contributed by atoms with van der Waals surface area (Å²) in [5.41, 5.74) is 7.38. The molecule has 0 spiro atoms. The smallest absolute Gasteiger partial charge is 0.248 e. The molecule has 2 aromatic rings. The number of benzene rings is 1. The van der Waals surface area contributed by atoms with Crippen molar-refractivity contribution >= 4 is 11.6 Å². The molecule has 1 aromatic carbocycles. The Kier molecular flexibility index (Phi) is 3.09. The predicted octanol–water partition coefficient (Wildman–Crippen LogP) is 1.69. The quantitative estimate of drug-likeness (QED) is 0.839. The fourth-order valence-electron chi connectivity index (χ4n) is 1.45. The SMILES string of the molecule is Cc1cc(CNc2ccc(C(N)=O)cc2)no1. The summed E-state index contributed by atoms with van der Waals surface area (Å²) in [6, 6.07) is 8.82. The molecule has 0 saturated carbocycles. The molecule has 17 heavy (non-hydrogen) atoms. The first kappa shape index (κ1) is 11.2. The summed E-state index contributed by atoms with van der Waals surface area (Å²) in [6.07, 6.45) is 0. The van der Waals surface area contributed by atoms with Crippen LogP contribution in [0.5, 0.6) is 0 Å². The Bertz CT molecular complexity index is 517. The molecule has 1 amide bonds. The summed E-state index contributed by atoms with van der Waals surface area (Å²) in [7, 11) is 0. The molecule has 0 aliphatic carbocycles. The zero-order valence-corrected chi connectivity index (χ0v) is 9.43. The van der Waals surface area contributed by atoms with Gasteiger partial charge in [-0.15, -0.1) is 0 Å². The van der Waals surface area contributed by atoms with Crippen LogP contribution >= 0.6 is 0 Å². The molecule has 0 aliphatic rings. The van der Waals surface area contributed by atoms with Crippen LogP contribution in [0.1, 0.15) is 21.8 Å². The zero-order valence-electron chi connectivity index (χ0n) is 9.43. The van der Waals surface area contributed by atoms with Crippen LogP contribution in [-0.2, 0) is 6.54 Å². The van der Waals surface area contributed by atoms with Gasteiger partial charge in [0.15, 0.2) is 0 Å². The number of hydrogen-bond acceptors (Lipinski definition) is 4. The van der Waals surface area contributed by atoms with Crippen molar-refractivity contribution in [3.8, 4) is 0 Å². The molecule has 5 heteroatoms. The van der Waals surface area contributed by atoms with E-state index in [2.05, 4.69) is 10.5 Å². The molecule has 0 unspecified atom stereocenters. The topological polar surface area (TPSA) is 81.1 Å². The van der Waals surface area contributed by atoms with Gasteiger partial charge in [-0.3, -0.25) is 4.79 Å². The van der Waals surface area contributed by atoms with E-state index in [1.807, 2.05) is 13.0 Å². The van der Waals surface area contributed by atoms with Crippen molar-refractivity contribution in [3.63, 3.8) is 0 Å². The number of carbonyl (C=O) groups is 1. The number of nitrogens with two attached hydrogens (primary N) is 1. The first-order chi connectivity index (χ1) is 8.15. The second kappa shape index (κ2) is 4.69. The average Bonchev–Trinajstić information content (AvgIpc) is 2.73. The maximum Gasteiger partial charge on any atom is 0.248 e. The molecule has 0 fully saturated rings. The van der Waals surface area contributed by atoms with Crippen LogP contribution in [0.15, 0.2) is 34.9 Å². The monoisotopic (exact) mass is 231 g/mol. The maximum absolute atomic E-state index is 10.9. The third-order valence-corrected chi connectivity index (χ3v) is 2.32. The lowest BCUT2D eigenvalue weighted by molar-refractivity contribution is 0.100. The van der Waals surface area contributed by atoms with Gasteiger partial charge in [-0.05, 0) is 31.2 Å². The molecule has 1 aromatic heterocycles. The van der Waals surface area contributed by atoms with Gasteiger partial charge < -0.3 is 15.6 Å². The van der Waals surface area contributed by atoms with E-state index in [0.717, 1.165) is 17.1 Å². The van der Waals surface area contributed by atoms with Crippen LogP contribution in [0.3, 0.4) is 0 Å². The summed E-state index contributed by atoms with van der Waals surface area (Å²) >= 11 is 0. The first-order valence-corrected chi connectivity index (χ1v) is 5.21. The summed E-state index contributed by atoms with van der Waals surface area (Å²) in [4.78, 5) is 10.9. The van der Waals surface area contributed by atoms with E-state index in [9.17, 15) is 4.79 Å². The second-order valence-electron chi connectivity index (χ2n) is 3.72. The number of aryl methyl sites for hydroxylation is 1. The van der Waals surface area contributed by atoms with Gasteiger partial charge in [0, 0.05) is 17.3 Å². The van der Waals surface area contributed by atoms with Crippen molar-refractivity contribution in [1.29, 1.82) is 0 Å². The third-order valence-electron chi connectivity index (χ3n) is 2.32. The lowest BCUT2D eigenvalue weighted by atomic mass is 10.2. The third kappa shape index (κ3) is 2.84. The number of amides is 1. The zero-order chi connectivity index (χ0) is 12.3. The highest BCUT2D eigenvalue weighted by Gasteiger charge is 2.01. The van der Waals surface area contributed by atoms with E-state index in [1.54, 1.807) is 24.3 Å². The van der Waals surface area contributed by atoms with Crippen LogP contribution in [0.25, 0.3) is 0 Å². The Morgan fingerprint density at radius 1 is 1.41 bits per heavy atom. The number of hydrogen-bond donors (Lipinski definition) is 2. The number of primary amides is 1. The summed E-state index contributed by atoms with van der Waals surface area (Å²) in [6.45, 7) is 2.42. The van der Waals surface area contributed by atoms with Crippen molar-refractivity contribution in [3.05, 3.63) is 47.3 Å². The van der Waals surface area contributed by atoms with Crippen LogP contribution in [0, 0.1) is 6.92 Å². The minimum absolute atomic E-state index is 0.427. The highest BCUT2D eigenvalue weighted by Crippen LogP contribution is 2.11. The van der Waals surface area contributed by atoms with E-state index < -0.39 is 5.91 Å². The van der Waals surface area contributed by atoms with Crippen LogP contribution in [-0.4, -0.2) is 11.1 Å². The minimum atomic E-state index is -0.427. The number of nitrogens with one attached hydrogen (secondary N) is 1. The number of anilines is 1. The summed E-state index contributed by atoms with van der Waals surface area (Å²) in [5, 5.41) is 7.03. The van der Waals surface area contributed by atoms with E-state index in [4.69, 9.17) is 10.3 Å². The molecule has 2 rings (SSSR count). The fraction of sp³-hybridized carbons (Fsp3) is 0.167. The van der Waals surface area contributed by atoms with Gasteiger partial charge >= 0.3 is 0 Å². The van der Waals surface area contributed by atoms with E-state index in [1.165, 1.54) is 0 Å². The maximum atomic E-state index is 10.9. The van der Waals surface area contributed by atoms with Crippen molar-refractivity contribution in [2.45, 2.75) is 13.5 Å². The Balaban J connectivity index is 1.97. The summed E-state index contributed by atoms with van der Waals surface area (Å²) in [5.74, 6) is 0.356. The average molecular weight is 231 g/mol. The normalized spacial score (nSPS) is 10.2. The lowest BCUT2D eigenvalue weighted by Crippen LogP contribution is -2.10. The molecule has 0 aliphatic heterocycles. The van der Waals surface area contributed by atoms with Gasteiger partial charge in [0.1, 0.15) is 11.5 Å². The molecule has 1 heterocycles. The van der Waals surface area contributed by atoms with Gasteiger partial charge in [-0.2, -0.15) is 0 Å². The Morgan fingerprint density at radius 2 is 2.12 bits per heavy atom. The van der Waals surface area contributed by atoms with Gasteiger partial charge in [-0.25, -0.2) is 0 Å². The van der Waals surface area contributed by atoms with Crippen molar-refractivity contribution in [2.24, 2.45) is 5.73 Å². The van der Waals surface area contributed by atoms with E-state index in [0.29, 0.717) is 12.1 Å². The van der Waals surface area contributed by atoms with E-state index in [-0.39, 0.29) is 0 Å². The highest BCUT2D eigenvalue weighted by molar-refractivity contribution is 5.93. The molecule has 3 N–H and O–H groups in total. The minimum Gasteiger partial charge on any atom is -0.379 e. The fourth-order valence-corrected chi connectivity index (χ4v) is 1.45. The number of nitrogens with zero attached hydrogens (tertiary/aromatic N) is 1. The molecule has 88 valence electrons. The van der Waals surface area contributed by atoms with E-state index >= 15 is 0 Å². The number of carbonyl (C=O) groups excluding carboxylic acids is 1. The predicted molar refractivity (Wildman–Crippen MR) is 63.5 cm³/mol. The van der Waals surface area contributed by atoms with Gasteiger partial charge in [0.05, 0.1) is 6.54 Å². The molecule has 0 radical (unpaired) electrons. The molecule has 0 atom stereocenters. The Morgan fingerprint density at radius 3 is 2.65 bits per heavy atom. The molecular formula is C12H13N3O2. The van der Waals surface area contributed by atoms with Gasteiger partial charge in [-0.1, -0.05) is 5.16 Å². The lowest BCUT2D eigenvalue weighted by Gasteiger charge is -2.04. The molecule has 0 bridgehead atoms. The standard InChI is InChI=1S/C12H13N3O2/c1-8-6-11(15-17-8)7-14-10-4-2-9(3-5-10)12(13)16/h2-6,14H,7H2,1H3,(H2,13,16). The molecule has 0 saturated heterocycles. The first-order valence-electron chi connectivity index (χ1n) is 5.21. The largest absolute Gasteiger partial charge is 0.379 e. The van der Waals surface area contributed by atoms with Crippen LogP contribution < -0.4 is 11.1 Å². The Hall–Kier alpha value is -2.30. The van der Waals surface area contributed by atoms with Gasteiger partial charge in [0.2, 0.25) is 5.91 Å². The van der Waals surface area contributed by atoms with Crippen molar-refractivity contribution in [2.75, 3.05) is 5.32 Å². The van der Waals surface area contributed by atoms with Crippen LogP contribution in [0.4, 0.5) is 5.69 Å². The number of aromatic nitrogens is 1. The molecule has 5 nitrogen and oxygen atoms in total. The van der Waals surface area contributed by atoms with Crippen LogP contribution in [0.2, 0.25) is 0 Å². The summed E-state index contributed by atoms with van der Waals surface area (Å²) < 4.78 is 4.95. The highest BCUT2D eigenvalue weighted by atomic mass is 16.5. The second-order valence-corrected chi connectivity index (χ2v) is 3.72. The van der Waals surface area contributed by atoms with Crippen molar-refractivity contribution in [1.82, 2.24) is 5.16 Å². The van der Waals surface area contributed by atoms with Gasteiger partial charge in [0.25, 0.3) is 0 Å². The molecular weight excluding hydrogens is 218 g/mol. The Labute approximate surface area is 98.6 Å². The van der Waals surface area contributed by atoms with Crippen molar-refractivity contribution < 1.29 is 9.32 Å².